The Morgan fingerprint density at radius 3 is 2.53 bits per heavy atom. The van der Waals surface area contributed by atoms with Gasteiger partial charge in [0.15, 0.2) is 11.7 Å². The smallest absolute Gasteiger partial charge is 0.221 e. The van der Waals surface area contributed by atoms with Crippen LogP contribution in [0.2, 0.25) is 0 Å². The average molecular weight is 413 g/mol. The SMILES string of the molecule is CC(=O)Nc1cccc(C(C)NC(=O)CCc2ncc(-c3c(F)cccc3F)o2)c1. The topological polar surface area (TPSA) is 84.2 Å². The maximum atomic E-state index is 13.8. The number of hydrogen-bond donors (Lipinski definition) is 2. The molecule has 0 spiro atoms. The first-order valence-electron chi connectivity index (χ1n) is 9.39. The number of anilines is 1. The van der Waals surface area contributed by atoms with Crippen LogP contribution in [-0.2, 0) is 16.0 Å². The van der Waals surface area contributed by atoms with Crippen molar-refractivity contribution in [3.8, 4) is 11.3 Å². The van der Waals surface area contributed by atoms with Crippen molar-refractivity contribution in [3.05, 3.63) is 71.8 Å². The monoisotopic (exact) mass is 413 g/mol. The first kappa shape index (κ1) is 21.2. The third-order valence-electron chi connectivity index (χ3n) is 4.41. The van der Waals surface area contributed by atoms with Gasteiger partial charge in [-0.3, -0.25) is 9.59 Å². The minimum Gasteiger partial charge on any atom is -0.441 e. The number of oxazole rings is 1. The van der Waals surface area contributed by atoms with Crippen molar-refractivity contribution < 1.29 is 22.8 Å². The number of halogens is 2. The Bertz CT molecular complexity index is 1050. The van der Waals surface area contributed by atoms with Gasteiger partial charge in [0.05, 0.1) is 17.8 Å². The fraction of sp³-hybridized carbons (Fsp3) is 0.227. The zero-order valence-corrected chi connectivity index (χ0v) is 16.5. The molecule has 1 atom stereocenters. The molecule has 8 heteroatoms. The van der Waals surface area contributed by atoms with Gasteiger partial charge in [0, 0.05) is 25.5 Å². The summed E-state index contributed by atoms with van der Waals surface area (Å²) in [6, 6.07) is 10.4. The van der Waals surface area contributed by atoms with E-state index in [1.165, 1.54) is 19.2 Å². The maximum Gasteiger partial charge on any atom is 0.221 e. The molecule has 0 aliphatic rings. The van der Waals surface area contributed by atoms with Crippen molar-refractivity contribution >= 4 is 17.5 Å². The highest BCUT2D eigenvalue weighted by atomic mass is 19.1. The number of nitrogens with zero attached hydrogens (tertiary/aromatic N) is 1. The van der Waals surface area contributed by atoms with Crippen LogP contribution in [0.25, 0.3) is 11.3 Å². The summed E-state index contributed by atoms with van der Waals surface area (Å²) in [5.74, 6) is -1.71. The predicted octanol–water partition coefficient (Wildman–Crippen LogP) is 4.39. The zero-order chi connectivity index (χ0) is 21.7. The lowest BCUT2D eigenvalue weighted by Crippen LogP contribution is -2.26. The number of carbonyl (C=O) groups is 2. The molecule has 1 heterocycles. The van der Waals surface area contributed by atoms with E-state index in [0.29, 0.717) is 5.69 Å². The van der Waals surface area contributed by atoms with Crippen molar-refractivity contribution in [3.63, 3.8) is 0 Å². The van der Waals surface area contributed by atoms with Gasteiger partial charge in [-0.2, -0.15) is 0 Å². The Morgan fingerprint density at radius 2 is 1.83 bits per heavy atom. The van der Waals surface area contributed by atoms with Crippen molar-refractivity contribution in [2.75, 3.05) is 5.32 Å². The average Bonchev–Trinajstić information content (AvgIpc) is 3.14. The molecule has 2 N–H and O–H groups in total. The molecule has 0 saturated heterocycles. The molecule has 30 heavy (non-hydrogen) atoms. The molecule has 156 valence electrons. The molecule has 1 aromatic heterocycles. The second-order valence-electron chi connectivity index (χ2n) is 6.81. The van der Waals surface area contributed by atoms with Gasteiger partial charge < -0.3 is 15.1 Å². The Balaban J connectivity index is 1.58. The van der Waals surface area contributed by atoms with Gasteiger partial charge in [0.2, 0.25) is 11.8 Å². The number of aryl methyl sites for hydroxylation is 1. The number of hydrogen-bond acceptors (Lipinski definition) is 4. The van der Waals surface area contributed by atoms with Gasteiger partial charge in [0.1, 0.15) is 11.6 Å². The lowest BCUT2D eigenvalue weighted by Gasteiger charge is -2.15. The van der Waals surface area contributed by atoms with Gasteiger partial charge in [0.25, 0.3) is 0 Å². The van der Waals surface area contributed by atoms with Gasteiger partial charge in [-0.15, -0.1) is 0 Å². The van der Waals surface area contributed by atoms with E-state index in [0.717, 1.165) is 17.7 Å². The zero-order valence-electron chi connectivity index (χ0n) is 16.5. The summed E-state index contributed by atoms with van der Waals surface area (Å²) in [7, 11) is 0. The molecular formula is C22H21F2N3O3. The molecule has 0 fully saturated rings. The summed E-state index contributed by atoms with van der Waals surface area (Å²) in [5, 5.41) is 5.56. The van der Waals surface area contributed by atoms with Crippen LogP contribution < -0.4 is 10.6 Å². The highest BCUT2D eigenvalue weighted by molar-refractivity contribution is 5.88. The molecule has 1 unspecified atom stereocenters. The normalized spacial score (nSPS) is 11.7. The van der Waals surface area contributed by atoms with Crippen LogP contribution in [0.4, 0.5) is 14.5 Å². The Morgan fingerprint density at radius 1 is 1.13 bits per heavy atom. The van der Waals surface area contributed by atoms with Crippen LogP contribution >= 0.6 is 0 Å². The molecule has 0 saturated carbocycles. The number of amides is 2. The molecule has 6 nitrogen and oxygen atoms in total. The van der Waals surface area contributed by atoms with Crippen LogP contribution in [0, 0.1) is 11.6 Å². The van der Waals surface area contributed by atoms with Gasteiger partial charge >= 0.3 is 0 Å². The van der Waals surface area contributed by atoms with E-state index in [9.17, 15) is 18.4 Å². The first-order valence-corrected chi connectivity index (χ1v) is 9.39. The van der Waals surface area contributed by atoms with E-state index in [2.05, 4.69) is 15.6 Å². The summed E-state index contributed by atoms with van der Waals surface area (Å²) in [6.07, 6.45) is 1.51. The minimum atomic E-state index is -0.745. The molecule has 0 radical (unpaired) electrons. The molecule has 0 aliphatic heterocycles. The second kappa shape index (κ2) is 9.30. The number of nitrogens with one attached hydrogen (secondary N) is 2. The largest absolute Gasteiger partial charge is 0.441 e. The molecule has 3 rings (SSSR count). The maximum absolute atomic E-state index is 13.8. The van der Waals surface area contributed by atoms with E-state index >= 15 is 0 Å². The Labute approximate surface area is 172 Å². The Hall–Kier alpha value is -3.55. The van der Waals surface area contributed by atoms with E-state index in [4.69, 9.17) is 4.42 Å². The van der Waals surface area contributed by atoms with Gasteiger partial charge in [-0.1, -0.05) is 18.2 Å². The van der Waals surface area contributed by atoms with Crippen molar-refractivity contribution in [2.45, 2.75) is 32.7 Å². The third kappa shape index (κ3) is 5.28. The first-order chi connectivity index (χ1) is 14.3. The second-order valence-corrected chi connectivity index (χ2v) is 6.81. The highest BCUT2D eigenvalue weighted by Gasteiger charge is 2.17. The quantitative estimate of drug-likeness (QED) is 0.602. The van der Waals surface area contributed by atoms with Crippen molar-refractivity contribution in [1.82, 2.24) is 10.3 Å². The van der Waals surface area contributed by atoms with Crippen LogP contribution in [-0.4, -0.2) is 16.8 Å². The summed E-state index contributed by atoms with van der Waals surface area (Å²) in [4.78, 5) is 27.5. The molecule has 0 aliphatic carbocycles. The van der Waals surface area contributed by atoms with Gasteiger partial charge in [-0.25, -0.2) is 13.8 Å². The summed E-state index contributed by atoms with van der Waals surface area (Å²) >= 11 is 0. The van der Waals surface area contributed by atoms with Crippen LogP contribution in [0.3, 0.4) is 0 Å². The molecule has 0 bridgehead atoms. The minimum absolute atomic E-state index is 0.0239. The third-order valence-corrected chi connectivity index (χ3v) is 4.41. The van der Waals surface area contributed by atoms with E-state index in [1.807, 2.05) is 13.0 Å². The summed E-state index contributed by atoms with van der Waals surface area (Å²) < 4.78 is 33.1. The standard InChI is InChI=1S/C22H21F2N3O3/c1-13(15-5-3-6-16(11-15)27-14(2)28)26-20(29)9-10-21-25-12-19(30-21)22-17(23)7-4-8-18(22)24/h3-8,11-13H,9-10H2,1-2H3,(H,26,29)(H,27,28). The Kier molecular flexibility index (Phi) is 6.56. The summed E-state index contributed by atoms with van der Waals surface area (Å²) in [5.41, 5.74) is 1.20. The van der Waals surface area contributed by atoms with Crippen molar-refractivity contribution in [2.24, 2.45) is 0 Å². The van der Waals surface area contributed by atoms with E-state index in [1.54, 1.807) is 18.2 Å². The molecule has 3 aromatic rings. The number of carbonyl (C=O) groups excluding carboxylic acids is 2. The lowest BCUT2D eigenvalue weighted by molar-refractivity contribution is -0.121. The fourth-order valence-electron chi connectivity index (χ4n) is 2.98. The number of benzene rings is 2. The van der Waals surface area contributed by atoms with Crippen LogP contribution in [0.1, 0.15) is 37.8 Å². The molecule has 2 aromatic carbocycles. The van der Waals surface area contributed by atoms with Crippen LogP contribution in [0.5, 0.6) is 0 Å². The van der Waals surface area contributed by atoms with Gasteiger partial charge in [-0.05, 0) is 36.8 Å². The van der Waals surface area contributed by atoms with Crippen molar-refractivity contribution in [1.29, 1.82) is 0 Å². The van der Waals surface area contributed by atoms with E-state index in [-0.39, 0.29) is 47.9 Å². The van der Waals surface area contributed by atoms with E-state index < -0.39 is 11.6 Å². The fourth-order valence-corrected chi connectivity index (χ4v) is 2.98. The highest BCUT2D eigenvalue weighted by Crippen LogP contribution is 2.27. The number of aromatic nitrogens is 1. The molecule has 2 amide bonds. The lowest BCUT2D eigenvalue weighted by atomic mass is 10.1. The molecular weight excluding hydrogens is 392 g/mol. The summed E-state index contributed by atoms with van der Waals surface area (Å²) in [6.45, 7) is 3.25. The predicted molar refractivity (Wildman–Crippen MR) is 107 cm³/mol. The number of rotatable bonds is 7. The van der Waals surface area contributed by atoms with Crippen LogP contribution in [0.15, 0.2) is 53.1 Å².